The van der Waals surface area contributed by atoms with E-state index in [1.807, 2.05) is 13.8 Å². The monoisotopic (exact) mass is 240 g/mol. The van der Waals surface area contributed by atoms with Crippen molar-refractivity contribution in [3.63, 3.8) is 0 Å². The highest BCUT2D eigenvalue weighted by atomic mass is 19.1. The second-order valence-corrected chi connectivity index (χ2v) is 4.36. The molecule has 0 aliphatic heterocycles. The maximum Gasteiger partial charge on any atom is 0.153 e. The maximum atomic E-state index is 12.9. The minimum atomic E-state index is -0.448. The van der Waals surface area contributed by atoms with Crippen LogP contribution < -0.4 is 4.74 Å². The van der Waals surface area contributed by atoms with Gasteiger partial charge in [-0.05, 0) is 32.0 Å². The fraction of sp³-hybridized carbons (Fsp3) is 0.462. The highest BCUT2D eigenvalue weighted by Crippen LogP contribution is 2.19. The van der Waals surface area contributed by atoms with Gasteiger partial charge in [0.25, 0.3) is 0 Å². The van der Waals surface area contributed by atoms with Crippen LogP contribution in [0.25, 0.3) is 0 Å². The van der Waals surface area contributed by atoms with E-state index in [4.69, 9.17) is 9.47 Å². The second-order valence-electron chi connectivity index (χ2n) is 4.36. The number of carbonyl (C=O) groups is 1. The third-order valence-corrected chi connectivity index (χ3v) is 2.61. The van der Waals surface area contributed by atoms with Crippen LogP contribution >= 0.6 is 0 Å². The van der Waals surface area contributed by atoms with E-state index in [2.05, 4.69) is 0 Å². The summed E-state index contributed by atoms with van der Waals surface area (Å²) in [5.74, 6) is -0.0509. The normalized spacial score (nSPS) is 11.3. The summed E-state index contributed by atoms with van der Waals surface area (Å²) < 4.78 is 23.6. The summed E-state index contributed by atoms with van der Waals surface area (Å²) in [4.78, 5) is 10.7. The Labute approximate surface area is 101 Å². The number of ether oxygens (including phenoxy) is 2. The molecule has 0 atom stereocenters. The first-order valence-electron chi connectivity index (χ1n) is 5.41. The van der Waals surface area contributed by atoms with Crippen LogP contribution in [0.15, 0.2) is 18.2 Å². The fourth-order valence-electron chi connectivity index (χ4n) is 1.25. The molecular formula is C13H17FO3. The van der Waals surface area contributed by atoms with Crippen molar-refractivity contribution in [1.29, 1.82) is 0 Å². The first-order chi connectivity index (χ1) is 7.98. The van der Waals surface area contributed by atoms with Gasteiger partial charge < -0.3 is 9.47 Å². The van der Waals surface area contributed by atoms with Gasteiger partial charge in [0.05, 0.1) is 17.8 Å². The zero-order valence-corrected chi connectivity index (χ0v) is 10.3. The highest BCUT2D eigenvalue weighted by molar-refractivity contribution is 5.79. The molecule has 0 aromatic heterocycles. The highest BCUT2D eigenvalue weighted by Gasteiger charge is 2.16. The third kappa shape index (κ3) is 4.15. The van der Waals surface area contributed by atoms with Crippen LogP contribution in [0.2, 0.25) is 0 Å². The van der Waals surface area contributed by atoms with Gasteiger partial charge in [-0.25, -0.2) is 4.39 Å². The van der Waals surface area contributed by atoms with E-state index < -0.39 is 5.82 Å². The summed E-state index contributed by atoms with van der Waals surface area (Å²) in [6.07, 6.45) is 1.26. The fourth-order valence-corrected chi connectivity index (χ4v) is 1.25. The second kappa shape index (κ2) is 5.77. The van der Waals surface area contributed by atoms with Crippen molar-refractivity contribution < 1.29 is 18.7 Å². The van der Waals surface area contributed by atoms with E-state index in [0.29, 0.717) is 25.1 Å². The van der Waals surface area contributed by atoms with E-state index in [1.54, 1.807) is 7.11 Å². The average molecular weight is 240 g/mol. The van der Waals surface area contributed by atoms with Gasteiger partial charge in [0.15, 0.2) is 6.29 Å². The van der Waals surface area contributed by atoms with Gasteiger partial charge in [-0.15, -0.1) is 0 Å². The Hall–Kier alpha value is -1.42. The number of carbonyl (C=O) groups excluding carboxylic acids is 1. The smallest absolute Gasteiger partial charge is 0.153 e. The van der Waals surface area contributed by atoms with Crippen molar-refractivity contribution in [3.05, 3.63) is 29.6 Å². The molecule has 0 N–H and O–H groups in total. The van der Waals surface area contributed by atoms with E-state index in [1.165, 1.54) is 12.1 Å². The number of hydrogen-bond donors (Lipinski definition) is 0. The molecule has 17 heavy (non-hydrogen) atoms. The van der Waals surface area contributed by atoms with Gasteiger partial charge in [0, 0.05) is 13.5 Å². The lowest BCUT2D eigenvalue weighted by molar-refractivity contribution is 0.00542. The Morgan fingerprint density at radius 3 is 2.71 bits per heavy atom. The van der Waals surface area contributed by atoms with Crippen molar-refractivity contribution in [2.24, 2.45) is 0 Å². The van der Waals surface area contributed by atoms with E-state index in [-0.39, 0.29) is 11.2 Å². The molecule has 0 saturated heterocycles. The summed E-state index contributed by atoms with van der Waals surface area (Å²) in [5.41, 5.74) is -0.0540. The first-order valence-corrected chi connectivity index (χ1v) is 5.41. The Morgan fingerprint density at radius 2 is 2.12 bits per heavy atom. The number of hydrogen-bond acceptors (Lipinski definition) is 3. The summed E-state index contributed by atoms with van der Waals surface area (Å²) >= 11 is 0. The van der Waals surface area contributed by atoms with Crippen LogP contribution in [-0.2, 0) is 4.74 Å². The molecule has 1 rings (SSSR count). The van der Waals surface area contributed by atoms with Crippen LogP contribution in [0.5, 0.6) is 5.75 Å². The molecule has 0 bridgehead atoms. The third-order valence-electron chi connectivity index (χ3n) is 2.61. The topological polar surface area (TPSA) is 35.5 Å². The van der Waals surface area contributed by atoms with E-state index >= 15 is 0 Å². The van der Waals surface area contributed by atoms with E-state index in [0.717, 1.165) is 6.07 Å². The molecule has 1 aromatic rings. The predicted octanol–water partition coefficient (Wildman–Crippen LogP) is 2.83. The van der Waals surface area contributed by atoms with Gasteiger partial charge in [-0.3, -0.25) is 4.79 Å². The zero-order chi connectivity index (χ0) is 12.9. The van der Waals surface area contributed by atoms with Crippen molar-refractivity contribution in [1.82, 2.24) is 0 Å². The summed E-state index contributed by atoms with van der Waals surface area (Å²) in [6, 6.07) is 3.88. The maximum absolute atomic E-state index is 12.9. The molecule has 0 amide bonds. The van der Waals surface area contributed by atoms with Crippen LogP contribution in [0.1, 0.15) is 30.6 Å². The van der Waals surface area contributed by atoms with E-state index in [9.17, 15) is 9.18 Å². The van der Waals surface area contributed by atoms with Gasteiger partial charge in [0.2, 0.25) is 0 Å². The number of benzene rings is 1. The minimum Gasteiger partial charge on any atom is -0.493 e. The Kier molecular flexibility index (Phi) is 4.63. The van der Waals surface area contributed by atoms with Crippen LogP contribution in [0.3, 0.4) is 0 Å². The lowest BCUT2D eigenvalue weighted by atomic mass is 10.1. The average Bonchev–Trinajstić information content (AvgIpc) is 2.30. The van der Waals surface area contributed by atoms with Gasteiger partial charge in [-0.1, -0.05) is 0 Å². The van der Waals surface area contributed by atoms with Crippen molar-refractivity contribution in [3.8, 4) is 5.75 Å². The molecule has 0 saturated carbocycles. The largest absolute Gasteiger partial charge is 0.493 e. The van der Waals surface area contributed by atoms with Gasteiger partial charge in [-0.2, -0.15) is 0 Å². The lowest BCUT2D eigenvalue weighted by Gasteiger charge is -2.22. The molecule has 0 aliphatic carbocycles. The number of methoxy groups -OCH3 is 1. The molecule has 0 heterocycles. The number of rotatable bonds is 6. The molecule has 3 nitrogen and oxygen atoms in total. The quantitative estimate of drug-likeness (QED) is 0.717. The lowest BCUT2D eigenvalue weighted by Crippen LogP contribution is -2.25. The van der Waals surface area contributed by atoms with Crippen molar-refractivity contribution >= 4 is 6.29 Å². The Balaban J connectivity index is 2.60. The van der Waals surface area contributed by atoms with Crippen LogP contribution in [0, 0.1) is 5.82 Å². The Bertz CT molecular complexity index is 388. The van der Waals surface area contributed by atoms with Gasteiger partial charge in [0.1, 0.15) is 11.6 Å². The summed E-state index contributed by atoms with van der Waals surface area (Å²) in [5, 5.41) is 0. The van der Waals surface area contributed by atoms with Crippen molar-refractivity contribution in [2.45, 2.75) is 25.9 Å². The molecular weight excluding hydrogens is 223 g/mol. The molecule has 0 fully saturated rings. The Morgan fingerprint density at radius 1 is 1.41 bits per heavy atom. The minimum absolute atomic E-state index is 0.222. The summed E-state index contributed by atoms with van der Waals surface area (Å²) in [7, 11) is 1.63. The SMILES string of the molecule is COC(C)(C)CCOc1ccc(F)cc1C=O. The molecule has 0 radical (unpaired) electrons. The molecule has 0 aliphatic rings. The summed E-state index contributed by atoms with van der Waals surface area (Å²) in [6.45, 7) is 4.30. The molecule has 94 valence electrons. The molecule has 4 heteroatoms. The number of aldehydes is 1. The van der Waals surface area contributed by atoms with Crippen LogP contribution in [-0.4, -0.2) is 25.6 Å². The van der Waals surface area contributed by atoms with Crippen molar-refractivity contribution in [2.75, 3.05) is 13.7 Å². The predicted molar refractivity (Wildman–Crippen MR) is 63.0 cm³/mol. The van der Waals surface area contributed by atoms with Gasteiger partial charge >= 0.3 is 0 Å². The number of halogens is 1. The zero-order valence-electron chi connectivity index (χ0n) is 10.3. The first kappa shape index (κ1) is 13.6. The molecule has 0 unspecified atom stereocenters. The standard InChI is InChI=1S/C13H17FO3/c1-13(2,16-3)6-7-17-12-5-4-11(14)8-10(12)9-15/h4-5,8-9H,6-7H2,1-3H3. The molecule has 0 spiro atoms. The van der Waals surface area contributed by atoms with Crippen LogP contribution in [0.4, 0.5) is 4.39 Å². The molecule has 1 aromatic carbocycles.